The number of rotatable bonds is 4. The molecule has 0 spiro atoms. The Morgan fingerprint density at radius 2 is 2.21 bits per heavy atom. The standard InChI is InChI=1S/C16H24BrNO/c1-4-19-14-8-7-11(17)10-12(14)15(18)13-6-5-9-16(13,2)3/h7-8,10,13,15H,4-6,9,18H2,1-3H3. The van der Waals surface area contributed by atoms with Crippen LogP contribution in [0.3, 0.4) is 0 Å². The minimum absolute atomic E-state index is 0.0524. The monoisotopic (exact) mass is 325 g/mol. The maximum absolute atomic E-state index is 6.58. The highest BCUT2D eigenvalue weighted by molar-refractivity contribution is 9.10. The molecule has 2 unspecified atom stereocenters. The second-order valence-corrected chi connectivity index (χ2v) is 7.04. The molecular formula is C16H24BrNO. The number of benzene rings is 1. The third-order valence-electron chi connectivity index (χ3n) is 4.40. The molecule has 2 nitrogen and oxygen atoms in total. The zero-order chi connectivity index (χ0) is 14.0. The fraction of sp³-hybridized carbons (Fsp3) is 0.625. The molecule has 0 saturated heterocycles. The van der Waals surface area contributed by atoms with Gasteiger partial charge in [-0.2, -0.15) is 0 Å². The Kier molecular flexibility index (Phi) is 4.57. The van der Waals surface area contributed by atoms with Crippen LogP contribution in [-0.2, 0) is 0 Å². The van der Waals surface area contributed by atoms with Crippen LogP contribution < -0.4 is 10.5 Å². The normalized spacial score (nSPS) is 23.3. The van der Waals surface area contributed by atoms with Crippen LogP contribution in [0.1, 0.15) is 51.6 Å². The molecule has 1 aliphatic carbocycles. The van der Waals surface area contributed by atoms with Gasteiger partial charge in [-0.05, 0) is 49.3 Å². The van der Waals surface area contributed by atoms with Crippen LogP contribution in [-0.4, -0.2) is 6.61 Å². The average molecular weight is 326 g/mol. The van der Waals surface area contributed by atoms with Gasteiger partial charge >= 0.3 is 0 Å². The molecule has 1 aromatic carbocycles. The summed E-state index contributed by atoms with van der Waals surface area (Å²) in [6.45, 7) is 7.36. The molecule has 1 saturated carbocycles. The lowest BCUT2D eigenvalue weighted by atomic mass is 9.75. The smallest absolute Gasteiger partial charge is 0.124 e. The maximum Gasteiger partial charge on any atom is 0.124 e. The van der Waals surface area contributed by atoms with Gasteiger partial charge in [-0.15, -0.1) is 0 Å². The van der Waals surface area contributed by atoms with Crippen LogP contribution >= 0.6 is 15.9 Å². The number of hydrogen-bond acceptors (Lipinski definition) is 2. The lowest BCUT2D eigenvalue weighted by molar-refractivity contribution is 0.218. The highest BCUT2D eigenvalue weighted by Crippen LogP contribution is 2.49. The molecule has 2 N–H and O–H groups in total. The van der Waals surface area contributed by atoms with Crippen LogP contribution in [0.4, 0.5) is 0 Å². The molecular weight excluding hydrogens is 302 g/mol. The molecule has 1 aromatic rings. The van der Waals surface area contributed by atoms with E-state index in [1.54, 1.807) is 0 Å². The van der Waals surface area contributed by atoms with Gasteiger partial charge in [0.15, 0.2) is 0 Å². The molecule has 106 valence electrons. The van der Waals surface area contributed by atoms with Crippen molar-refractivity contribution in [2.75, 3.05) is 6.61 Å². The van der Waals surface area contributed by atoms with E-state index in [4.69, 9.17) is 10.5 Å². The average Bonchev–Trinajstić information content (AvgIpc) is 2.70. The molecule has 0 bridgehead atoms. The molecule has 1 aliphatic rings. The fourth-order valence-corrected chi connectivity index (χ4v) is 3.68. The molecule has 0 aliphatic heterocycles. The van der Waals surface area contributed by atoms with E-state index in [2.05, 4.69) is 35.8 Å². The molecule has 2 atom stereocenters. The van der Waals surface area contributed by atoms with Crippen molar-refractivity contribution in [3.63, 3.8) is 0 Å². The molecule has 0 aromatic heterocycles. The quantitative estimate of drug-likeness (QED) is 0.872. The highest BCUT2D eigenvalue weighted by Gasteiger charge is 2.39. The predicted molar refractivity (Wildman–Crippen MR) is 83.4 cm³/mol. The molecule has 1 fully saturated rings. The van der Waals surface area contributed by atoms with E-state index in [1.807, 2.05) is 19.1 Å². The number of halogens is 1. The van der Waals surface area contributed by atoms with Crippen LogP contribution in [0.2, 0.25) is 0 Å². The lowest BCUT2D eigenvalue weighted by Gasteiger charge is -2.33. The Morgan fingerprint density at radius 1 is 1.47 bits per heavy atom. The zero-order valence-electron chi connectivity index (χ0n) is 12.1. The first-order chi connectivity index (χ1) is 8.95. The molecule has 0 amide bonds. The Hall–Kier alpha value is -0.540. The summed E-state index contributed by atoms with van der Waals surface area (Å²) >= 11 is 3.54. The van der Waals surface area contributed by atoms with E-state index >= 15 is 0 Å². The summed E-state index contributed by atoms with van der Waals surface area (Å²) < 4.78 is 6.81. The topological polar surface area (TPSA) is 35.2 Å². The van der Waals surface area contributed by atoms with Gasteiger partial charge < -0.3 is 10.5 Å². The van der Waals surface area contributed by atoms with Gasteiger partial charge in [0.25, 0.3) is 0 Å². The first-order valence-corrected chi connectivity index (χ1v) is 7.93. The summed E-state index contributed by atoms with van der Waals surface area (Å²) in [7, 11) is 0. The Labute approximate surface area is 124 Å². The Balaban J connectivity index is 2.32. The zero-order valence-corrected chi connectivity index (χ0v) is 13.7. The second-order valence-electron chi connectivity index (χ2n) is 6.13. The summed E-state index contributed by atoms with van der Waals surface area (Å²) in [5.74, 6) is 1.46. The third kappa shape index (κ3) is 3.14. The Morgan fingerprint density at radius 3 is 2.79 bits per heavy atom. The van der Waals surface area contributed by atoms with Gasteiger partial charge in [0, 0.05) is 16.1 Å². The molecule has 2 rings (SSSR count). The van der Waals surface area contributed by atoms with Gasteiger partial charge in [-0.25, -0.2) is 0 Å². The molecule has 19 heavy (non-hydrogen) atoms. The van der Waals surface area contributed by atoms with Crippen molar-refractivity contribution >= 4 is 15.9 Å². The van der Waals surface area contributed by atoms with Crippen LogP contribution in [0.15, 0.2) is 22.7 Å². The number of hydrogen-bond donors (Lipinski definition) is 1. The van der Waals surface area contributed by atoms with E-state index in [0.29, 0.717) is 17.9 Å². The summed E-state index contributed by atoms with van der Waals surface area (Å²) in [5, 5.41) is 0. The van der Waals surface area contributed by atoms with Crippen molar-refractivity contribution in [2.45, 2.75) is 46.1 Å². The van der Waals surface area contributed by atoms with Gasteiger partial charge in [0.05, 0.1) is 6.61 Å². The predicted octanol–water partition coefficient (Wildman–Crippen LogP) is 4.67. The second kappa shape index (κ2) is 5.84. The molecule has 3 heteroatoms. The lowest BCUT2D eigenvalue weighted by Crippen LogP contribution is -2.30. The van der Waals surface area contributed by atoms with Crippen molar-refractivity contribution < 1.29 is 4.74 Å². The Bertz CT molecular complexity index is 444. The molecule has 0 radical (unpaired) electrons. The van der Waals surface area contributed by atoms with Crippen molar-refractivity contribution in [3.05, 3.63) is 28.2 Å². The van der Waals surface area contributed by atoms with E-state index < -0.39 is 0 Å². The van der Waals surface area contributed by atoms with Crippen LogP contribution in [0.25, 0.3) is 0 Å². The highest BCUT2D eigenvalue weighted by atomic mass is 79.9. The number of ether oxygens (including phenoxy) is 1. The van der Waals surface area contributed by atoms with Gasteiger partial charge in [-0.1, -0.05) is 36.2 Å². The third-order valence-corrected chi connectivity index (χ3v) is 4.90. The summed E-state index contributed by atoms with van der Waals surface area (Å²) in [5.41, 5.74) is 8.04. The maximum atomic E-state index is 6.58. The number of nitrogens with two attached hydrogens (primary N) is 1. The van der Waals surface area contributed by atoms with E-state index in [0.717, 1.165) is 15.8 Å². The molecule has 0 heterocycles. The van der Waals surface area contributed by atoms with Crippen LogP contribution in [0.5, 0.6) is 5.75 Å². The SMILES string of the molecule is CCOc1ccc(Br)cc1C(N)C1CCCC1(C)C. The van der Waals surface area contributed by atoms with Gasteiger partial charge in [0.1, 0.15) is 5.75 Å². The summed E-state index contributed by atoms with van der Waals surface area (Å²) in [6.07, 6.45) is 3.76. The van der Waals surface area contributed by atoms with E-state index in [9.17, 15) is 0 Å². The largest absolute Gasteiger partial charge is 0.494 e. The first-order valence-electron chi connectivity index (χ1n) is 7.13. The van der Waals surface area contributed by atoms with E-state index in [1.165, 1.54) is 19.3 Å². The van der Waals surface area contributed by atoms with Crippen molar-refractivity contribution in [2.24, 2.45) is 17.1 Å². The minimum atomic E-state index is 0.0524. The van der Waals surface area contributed by atoms with E-state index in [-0.39, 0.29) is 6.04 Å². The van der Waals surface area contributed by atoms with Gasteiger partial charge in [0.2, 0.25) is 0 Å². The summed E-state index contributed by atoms with van der Waals surface area (Å²) in [4.78, 5) is 0. The van der Waals surface area contributed by atoms with Crippen molar-refractivity contribution in [1.82, 2.24) is 0 Å². The van der Waals surface area contributed by atoms with Crippen molar-refractivity contribution in [3.8, 4) is 5.75 Å². The first kappa shape index (κ1) is 14.9. The van der Waals surface area contributed by atoms with Gasteiger partial charge in [-0.3, -0.25) is 0 Å². The van der Waals surface area contributed by atoms with Crippen molar-refractivity contribution in [1.29, 1.82) is 0 Å². The summed E-state index contributed by atoms with van der Waals surface area (Å²) in [6, 6.07) is 6.20. The van der Waals surface area contributed by atoms with Crippen LogP contribution in [0, 0.1) is 11.3 Å². The minimum Gasteiger partial charge on any atom is -0.494 e. The fourth-order valence-electron chi connectivity index (χ4n) is 3.30.